The first-order chi connectivity index (χ1) is 16.9. The van der Waals surface area contributed by atoms with Crippen LogP contribution in [-0.2, 0) is 24.3 Å². The number of rotatable bonds is 5. The Kier molecular flexibility index (Phi) is 6.21. The van der Waals surface area contributed by atoms with Crippen LogP contribution in [0.3, 0.4) is 0 Å². The molecule has 5 rings (SSSR count). The zero-order chi connectivity index (χ0) is 24.5. The molecule has 2 aliphatic rings. The molecule has 0 aliphatic carbocycles. The number of hydrogen-bond donors (Lipinski definition) is 2. The van der Waals surface area contributed by atoms with E-state index in [4.69, 9.17) is 0 Å². The highest BCUT2D eigenvalue weighted by molar-refractivity contribution is 6.04. The molecule has 2 N–H and O–H groups in total. The molecule has 1 fully saturated rings. The molecule has 2 amide bonds. The third kappa shape index (κ3) is 5.02. The number of fused-ring (bicyclic) bond motifs is 1. The van der Waals surface area contributed by atoms with Gasteiger partial charge in [-0.25, -0.2) is 8.78 Å². The lowest BCUT2D eigenvalue weighted by molar-refractivity contribution is -0.131. The van der Waals surface area contributed by atoms with E-state index < -0.39 is 11.6 Å². The van der Waals surface area contributed by atoms with Gasteiger partial charge in [0.05, 0.1) is 25.2 Å². The highest BCUT2D eigenvalue weighted by atomic mass is 19.1. The molecule has 2 aliphatic heterocycles. The zero-order valence-electron chi connectivity index (χ0n) is 19.4. The fourth-order valence-corrected chi connectivity index (χ4v) is 4.49. The second-order valence-corrected chi connectivity index (χ2v) is 9.02. The maximum Gasteiger partial charge on any atom is 0.256 e. The van der Waals surface area contributed by atoms with Crippen LogP contribution in [0.4, 0.5) is 20.3 Å². The summed E-state index contributed by atoms with van der Waals surface area (Å²) in [6.45, 7) is 4.45. The van der Waals surface area contributed by atoms with Crippen LogP contribution in [-0.4, -0.2) is 65.0 Å². The van der Waals surface area contributed by atoms with Gasteiger partial charge in [0.2, 0.25) is 5.91 Å². The van der Waals surface area contributed by atoms with E-state index in [0.717, 1.165) is 61.3 Å². The van der Waals surface area contributed by atoms with Crippen molar-refractivity contribution in [2.24, 2.45) is 0 Å². The number of nitrogens with zero attached hydrogens (tertiary/aromatic N) is 4. The number of benzene rings is 2. The van der Waals surface area contributed by atoms with Crippen LogP contribution >= 0.6 is 0 Å². The molecule has 1 saturated heterocycles. The molecule has 182 valence electrons. The predicted octanol–water partition coefficient (Wildman–Crippen LogP) is 2.78. The Morgan fingerprint density at radius 3 is 2.37 bits per heavy atom. The Hall–Kier alpha value is -3.79. The monoisotopic (exact) mass is 480 g/mol. The lowest BCUT2D eigenvalue weighted by atomic mass is 10.1. The van der Waals surface area contributed by atoms with Crippen molar-refractivity contribution in [1.29, 1.82) is 0 Å². The molecule has 0 spiro atoms. The molecule has 8 nitrogen and oxygen atoms in total. The molecule has 0 bridgehead atoms. The number of aromatic nitrogens is 2. The van der Waals surface area contributed by atoms with Gasteiger partial charge in [-0.2, -0.15) is 5.10 Å². The van der Waals surface area contributed by atoms with Crippen LogP contribution in [0, 0.1) is 11.6 Å². The molecule has 3 heterocycles. The minimum atomic E-state index is -0.717. The number of piperazine rings is 1. The van der Waals surface area contributed by atoms with Gasteiger partial charge in [-0.3, -0.25) is 14.7 Å². The first kappa shape index (κ1) is 23.0. The van der Waals surface area contributed by atoms with Gasteiger partial charge in [0.15, 0.2) is 5.82 Å². The number of halogens is 2. The highest BCUT2D eigenvalue weighted by Gasteiger charge is 2.29. The van der Waals surface area contributed by atoms with Crippen molar-refractivity contribution in [1.82, 2.24) is 20.0 Å². The number of aromatic amines is 1. The highest BCUT2D eigenvalue weighted by Crippen LogP contribution is 2.28. The second-order valence-electron chi connectivity index (χ2n) is 9.02. The molecule has 10 heteroatoms. The summed E-state index contributed by atoms with van der Waals surface area (Å²) >= 11 is 0. The summed E-state index contributed by atoms with van der Waals surface area (Å²) < 4.78 is 26.9. The van der Waals surface area contributed by atoms with Crippen molar-refractivity contribution >= 4 is 23.3 Å². The average molecular weight is 481 g/mol. The Balaban J connectivity index is 1.21. The standard InChI is InChI=1S/C25H26F2N6O2/c1-31-6-8-32(9-7-31)20-4-2-17(3-5-20)25(35)28-24-21-14-33(15-22(21)29-30-24)23(34)12-16-10-18(26)13-19(27)11-16/h2-5,10-11,13H,6-9,12,14-15H2,1H3,(H2,28,29,30,35). The summed E-state index contributed by atoms with van der Waals surface area (Å²) in [5.41, 5.74) is 3.33. The third-order valence-electron chi connectivity index (χ3n) is 6.51. The van der Waals surface area contributed by atoms with E-state index in [-0.39, 0.29) is 36.9 Å². The fraction of sp³-hybridized carbons (Fsp3) is 0.320. The number of carbonyl (C=O) groups is 2. The number of H-pyrrole nitrogens is 1. The summed E-state index contributed by atoms with van der Waals surface area (Å²) in [6.07, 6.45) is -0.117. The maximum absolute atomic E-state index is 13.4. The Morgan fingerprint density at radius 1 is 1.00 bits per heavy atom. The lowest BCUT2D eigenvalue weighted by Gasteiger charge is -2.34. The van der Waals surface area contributed by atoms with Gasteiger partial charge in [0.1, 0.15) is 11.6 Å². The maximum atomic E-state index is 13.4. The SMILES string of the molecule is CN1CCN(c2ccc(C(=O)Nc3n[nH]c4c3CN(C(=O)Cc3cc(F)cc(F)c3)C4)cc2)CC1. The molecule has 0 unspecified atom stereocenters. The van der Waals surface area contributed by atoms with Gasteiger partial charge in [-0.05, 0) is 49.0 Å². The molecule has 0 atom stereocenters. The third-order valence-corrected chi connectivity index (χ3v) is 6.51. The van der Waals surface area contributed by atoms with Crippen molar-refractivity contribution in [3.8, 4) is 0 Å². The van der Waals surface area contributed by atoms with Gasteiger partial charge in [-0.1, -0.05) is 0 Å². The van der Waals surface area contributed by atoms with Crippen LogP contribution < -0.4 is 10.2 Å². The summed E-state index contributed by atoms with van der Waals surface area (Å²) in [6, 6.07) is 10.6. The molecule has 1 aromatic heterocycles. The van der Waals surface area contributed by atoms with Crippen molar-refractivity contribution in [2.45, 2.75) is 19.5 Å². The van der Waals surface area contributed by atoms with E-state index in [9.17, 15) is 18.4 Å². The minimum Gasteiger partial charge on any atom is -0.369 e. The van der Waals surface area contributed by atoms with Crippen LogP contribution in [0.25, 0.3) is 0 Å². The fourth-order valence-electron chi connectivity index (χ4n) is 4.49. The number of nitrogens with one attached hydrogen (secondary N) is 2. The summed E-state index contributed by atoms with van der Waals surface area (Å²) in [5.74, 6) is -1.61. The number of anilines is 2. The molecular formula is C25H26F2N6O2. The first-order valence-corrected chi connectivity index (χ1v) is 11.5. The van der Waals surface area contributed by atoms with E-state index in [0.29, 0.717) is 11.4 Å². The quantitative estimate of drug-likeness (QED) is 0.587. The van der Waals surface area contributed by atoms with Crippen molar-refractivity contribution in [3.05, 3.63) is 76.5 Å². The molecular weight excluding hydrogens is 454 g/mol. The van der Waals surface area contributed by atoms with E-state index in [1.807, 2.05) is 12.1 Å². The summed E-state index contributed by atoms with van der Waals surface area (Å²) in [7, 11) is 2.11. The Labute approximate surface area is 201 Å². The molecule has 3 aromatic rings. The largest absolute Gasteiger partial charge is 0.369 e. The average Bonchev–Trinajstić information content (AvgIpc) is 3.41. The Morgan fingerprint density at radius 2 is 1.69 bits per heavy atom. The van der Waals surface area contributed by atoms with Gasteiger partial charge in [0, 0.05) is 49.1 Å². The van der Waals surface area contributed by atoms with Crippen molar-refractivity contribution < 1.29 is 18.4 Å². The first-order valence-electron chi connectivity index (χ1n) is 11.5. The van der Waals surface area contributed by atoms with Gasteiger partial charge in [-0.15, -0.1) is 0 Å². The van der Waals surface area contributed by atoms with E-state index >= 15 is 0 Å². The van der Waals surface area contributed by atoms with E-state index in [1.54, 1.807) is 17.0 Å². The topological polar surface area (TPSA) is 84.6 Å². The smallest absolute Gasteiger partial charge is 0.256 e. The number of hydrogen-bond acceptors (Lipinski definition) is 5. The van der Waals surface area contributed by atoms with Crippen LogP contribution in [0.5, 0.6) is 0 Å². The van der Waals surface area contributed by atoms with Gasteiger partial charge >= 0.3 is 0 Å². The minimum absolute atomic E-state index is 0.117. The van der Waals surface area contributed by atoms with E-state index in [2.05, 4.69) is 32.4 Å². The van der Waals surface area contributed by atoms with Crippen LogP contribution in [0.1, 0.15) is 27.2 Å². The van der Waals surface area contributed by atoms with Gasteiger partial charge in [0.25, 0.3) is 5.91 Å². The molecule has 0 radical (unpaired) electrons. The summed E-state index contributed by atoms with van der Waals surface area (Å²) in [4.78, 5) is 31.7. The normalized spacial score (nSPS) is 15.9. The van der Waals surface area contributed by atoms with Crippen LogP contribution in [0.15, 0.2) is 42.5 Å². The van der Waals surface area contributed by atoms with Crippen molar-refractivity contribution in [3.63, 3.8) is 0 Å². The lowest BCUT2D eigenvalue weighted by Crippen LogP contribution is -2.44. The molecule has 35 heavy (non-hydrogen) atoms. The second kappa shape index (κ2) is 9.46. The van der Waals surface area contributed by atoms with Crippen molar-refractivity contribution in [2.75, 3.05) is 43.4 Å². The predicted molar refractivity (Wildman–Crippen MR) is 127 cm³/mol. The van der Waals surface area contributed by atoms with Gasteiger partial charge < -0.3 is 20.0 Å². The zero-order valence-corrected chi connectivity index (χ0v) is 19.4. The molecule has 0 saturated carbocycles. The summed E-state index contributed by atoms with van der Waals surface area (Å²) in [5, 5.41) is 9.90. The molecule has 2 aromatic carbocycles. The van der Waals surface area contributed by atoms with E-state index in [1.165, 1.54) is 0 Å². The number of carbonyl (C=O) groups excluding carboxylic acids is 2. The number of likely N-dealkylation sites (N-methyl/N-ethyl adjacent to an activating group) is 1. The number of amides is 2. The van der Waals surface area contributed by atoms with Crippen LogP contribution in [0.2, 0.25) is 0 Å². The Bertz CT molecular complexity index is 1230.